The Kier molecular flexibility index (Phi) is 4.16. The second-order valence-electron chi connectivity index (χ2n) is 6.32. The molecule has 0 aliphatic heterocycles. The number of aryl methyl sites for hydroxylation is 2. The van der Waals surface area contributed by atoms with Crippen LogP contribution >= 0.6 is 0 Å². The molecule has 134 valence electrons. The lowest BCUT2D eigenvalue weighted by molar-refractivity contribution is 0.102. The quantitative estimate of drug-likeness (QED) is 0.608. The lowest BCUT2D eigenvalue weighted by Crippen LogP contribution is -2.23. The van der Waals surface area contributed by atoms with Crippen molar-refractivity contribution >= 4 is 33.5 Å². The minimum atomic E-state index is -0.235. The van der Waals surface area contributed by atoms with Crippen LogP contribution in [0.3, 0.4) is 0 Å². The molecule has 2 aromatic heterocycles. The maximum atomic E-state index is 12.7. The van der Waals surface area contributed by atoms with E-state index in [1.807, 2.05) is 37.3 Å². The fraction of sp³-hybridized carbons (Fsp3) is 0.143. The van der Waals surface area contributed by atoms with Gasteiger partial charge in [-0.1, -0.05) is 12.1 Å². The van der Waals surface area contributed by atoms with Crippen molar-refractivity contribution in [2.45, 2.75) is 20.4 Å². The van der Waals surface area contributed by atoms with Crippen LogP contribution in [0.5, 0.6) is 0 Å². The zero-order valence-electron chi connectivity index (χ0n) is 15.1. The first-order chi connectivity index (χ1) is 13.1. The molecule has 0 spiro atoms. The summed E-state index contributed by atoms with van der Waals surface area (Å²) in [6.07, 6.45) is 1.72. The average Bonchev–Trinajstić information content (AvgIpc) is 2.68. The minimum Gasteiger partial charge on any atom is -0.322 e. The van der Waals surface area contributed by atoms with E-state index in [9.17, 15) is 9.59 Å². The molecule has 6 heteroatoms. The molecule has 0 radical (unpaired) electrons. The van der Waals surface area contributed by atoms with E-state index in [4.69, 9.17) is 0 Å². The molecule has 0 saturated heterocycles. The second kappa shape index (κ2) is 6.64. The molecule has 2 aromatic carbocycles. The molecule has 4 aromatic rings. The van der Waals surface area contributed by atoms with Crippen molar-refractivity contribution < 1.29 is 4.79 Å². The summed E-state index contributed by atoms with van der Waals surface area (Å²) in [4.78, 5) is 33.5. The van der Waals surface area contributed by atoms with Crippen molar-refractivity contribution in [1.82, 2.24) is 14.5 Å². The van der Waals surface area contributed by atoms with Crippen LogP contribution in [0.4, 0.5) is 5.69 Å². The van der Waals surface area contributed by atoms with Gasteiger partial charge in [0.15, 0.2) is 0 Å². The highest BCUT2D eigenvalue weighted by Gasteiger charge is 2.12. The summed E-state index contributed by atoms with van der Waals surface area (Å²) < 4.78 is 1.66. The zero-order valence-corrected chi connectivity index (χ0v) is 15.1. The average molecular weight is 358 g/mol. The standard InChI is InChI=1S/C21H18N4O2/c1-3-25-19-9-7-15(11-18(19)23-13(2)21(25)27)20(26)24-16-8-6-14-5-4-10-22-17(14)12-16/h4-12H,3H2,1-2H3,(H,24,26). The Morgan fingerprint density at radius 2 is 1.96 bits per heavy atom. The number of hydrogen-bond donors (Lipinski definition) is 1. The second-order valence-corrected chi connectivity index (χ2v) is 6.32. The molecule has 0 aliphatic rings. The van der Waals surface area contributed by atoms with Crippen LogP contribution in [0.2, 0.25) is 0 Å². The van der Waals surface area contributed by atoms with Gasteiger partial charge >= 0.3 is 0 Å². The van der Waals surface area contributed by atoms with Crippen molar-refractivity contribution in [3.05, 3.63) is 76.3 Å². The first kappa shape index (κ1) is 16.9. The number of amides is 1. The van der Waals surface area contributed by atoms with E-state index in [2.05, 4.69) is 15.3 Å². The van der Waals surface area contributed by atoms with Crippen LogP contribution in [0.15, 0.2) is 59.5 Å². The molecule has 1 N–H and O–H groups in total. The summed E-state index contributed by atoms with van der Waals surface area (Å²) >= 11 is 0. The summed E-state index contributed by atoms with van der Waals surface area (Å²) in [5, 5.41) is 3.91. The van der Waals surface area contributed by atoms with Gasteiger partial charge in [-0.05, 0) is 50.2 Å². The number of rotatable bonds is 3. The molecular weight excluding hydrogens is 340 g/mol. The molecule has 0 fully saturated rings. The van der Waals surface area contributed by atoms with Crippen LogP contribution in [0, 0.1) is 6.92 Å². The van der Waals surface area contributed by atoms with Crippen molar-refractivity contribution in [2.75, 3.05) is 5.32 Å². The van der Waals surface area contributed by atoms with Gasteiger partial charge in [0.2, 0.25) is 0 Å². The largest absolute Gasteiger partial charge is 0.322 e. The first-order valence-corrected chi connectivity index (χ1v) is 8.74. The van der Waals surface area contributed by atoms with Crippen molar-refractivity contribution in [3.63, 3.8) is 0 Å². The van der Waals surface area contributed by atoms with E-state index in [-0.39, 0.29) is 11.5 Å². The Hall–Kier alpha value is -3.54. The third-order valence-electron chi connectivity index (χ3n) is 4.55. The number of carbonyl (C=O) groups excluding carboxylic acids is 1. The Morgan fingerprint density at radius 3 is 2.78 bits per heavy atom. The lowest BCUT2D eigenvalue weighted by Gasteiger charge is -2.10. The summed E-state index contributed by atoms with van der Waals surface area (Å²) in [6, 6.07) is 14.6. The Balaban J connectivity index is 1.69. The van der Waals surface area contributed by atoms with Gasteiger partial charge in [0, 0.05) is 29.4 Å². The van der Waals surface area contributed by atoms with Crippen LogP contribution in [-0.4, -0.2) is 20.4 Å². The van der Waals surface area contributed by atoms with Crippen LogP contribution in [0.1, 0.15) is 23.0 Å². The summed E-state index contributed by atoms with van der Waals surface area (Å²) in [6.45, 7) is 4.14. The molecule has 6 nitrogen and oxygen atoms in total. The Bertz CT molecular complexity index is 1240. The van der Waals surface area contributed by atoms with Gasteiger partial charge in [-0.15, -0.1) is 0 Å². The smallest absolute Gasteiger partial charge is 0.272 e. The minimum absolute atomic E-state index is 0.106. The van der Waals surface area contributed by atoms with E-state index in [1.165, 1.54) is 0 Å². The molecule has 4 rings (SSSR count). The maximum Gasteiger partial charge on any atom is 0.272 e. The number of carbonyl (C=O) groups is 1. The summed E-state index contributed by atoms with van der Waals surface area (Å²) in [5.74, 6) is -0.235. The number of nitrogens with one attached hydrogen (secondary N) is 1. The normalized spacial score (nSPS) is 11.0. The van der Waals surface area contributed by atoms with E-state index < -0.39 is 0 Å². The fourth-order valence-electron chi connectivity index (χ4n) is 3.18. The van der Waals surface area contributed by atoms with Gasteiger partial charge in [0.25, 0.3) is 11.5 Å². The number of pyridine rings is 1. The topological polar surface area (TPSA) is 76.9 Å². The van der Waals surface area contributed by atoms with Crippen LogP contribution < -0.4 is 10.9 Å². The predicted octanol–water partition coefficient (Wildman–Crippen LogP) is 3.53. The zero-order chi connectivity index (χ0) is 19.0. The molecule has 0 aliphatic carbocycles. The number of hydrogen-bond acceptors (Lipinski definition) is 4. The van der Waals surface area contributed by atoms with Gasteiger partial charge < -0.3 is 9.88 Å². The molecule has 27 heavy (non-hydrogen) atoms. The monoisotopic (exact) mass is 358 g/mol. The maximum absolute atomic E-state index is 12.7. The van der Waals surface area contributed by atoms with Crippen LogP contribution in [-0.2, 0) is 6.54 Å². The molecule has 0 saturated carbocycles. The Morgan fingerprint density at radius 1 is 1.11 bits per heavy atom. The number of fused-ring (bicyclic) bond motifs is 2. The molecule has 0 unspecified atom stereocenters. The van der Waals surface area contributed by atoms with Gasteiger partial charge in [0.1, 0.15) is 5.69 Å². The molecule has 0 bridgehead atoms. The summed E-state index contributed by atoms with van der Waals surface area (Å²) in [7, 11) is 0. The van der Waals surface area contributed by atoms with Gasteiger partial charge in [-0.25, -0.2) is 4.98 Å². The Labute approximate surface area is 155 Å². The van der Waals surface area contributed by atoms with E-state index in [1.54, 1.807) is 35.9 Å². The van der Waals surface area contributed by atoms with Gasteiger partial charge in [0.05, 0.1) is 16.6 Å². The molecule has 0 atom stereocenters. The molecule has 2 heterocycles. The van der Waals surface area contributed by atoms with Crippen molar-refractivity contribution in [2.24, 2.45) is 0 Å². The third kappa shape index (κ3) is 3.06. The van der Waals surface area contributed by atoms with Crippen LogP contribution in [0.25, 0.3) is 21.9 Å². The fourth-order valence-corrected chi connectivity index (χ4v) is 3.18. The number of anilines is 1. The van der Waals surface area contributed by atoms with Gasteiger partial charge in [-0.3, -0.25) is 14.6 Å². The third-order valence-corrected chi connectivity index (χ3v) is 4.55. The summed E-state index contributed by atoms with van der Waals surface area (Å²) in [5.41, 5.74) is 3.64. The highest BCUT2D eigenvalue weighted by Crippen LogP contribution is 2.19. The van der Waals surface area contributed by atoms with E-state index in [0.717, 1.165) is 16.4 Å². The molecular formula is C21H18N4O2. The highest BCUT2D eigenvalue weighted by atomic mass is 16.1. The van der Waals surface area contributed by atoms with Gasteiger partial charge in [-0.2, -0.15) is 0 Å². The SMILES string of the molecule is CCn1c(=O)c(C)nc2cc(C(=O)Nc3ccc4cccnc4c3)ccc21. The lowest BCUT2D eigenvalue weighted by atomic mass is 10.1. The number of nitrogens with zero attached hydrogens (tertiary/aromatic N) is 3. The van der Waals surface area contributed by atoms with E-state index in [0.29, 0.717) is 29.0 Å². The van der Waals surface area contributed by atoms with E-state index >= 15 is 0 Å². The highest BCUT2D eigenvalue weighted by molar-refractivity contribution is 6.06. The first-order valence-electron chi connectivity index (χ1n) is 8.74. The molecule has 1 amide bonds. The number of aromatic nitrogens is 3. The predicted molar refractivity (Wildman–Crippen MR) is 106 cm³/mol. The van der Waals surface area contributed by atoms with Crippen molar-refractivity contribution in [1.29, 1.82) is 0 Å². The van der Waals surface area contributed by atoms with Crippen molar-refractivity contribution in [3.8, 4) is 0 Å². The number of benzene rings is 2.